The Morgan fingerprint density at radius 3 is 2.70 bits per heavy atom. The second-order valence-corrected chi connectivity index (χ2v) is 6.93. The highest BCUT2D eigenvalue weighted by molar-refractivity contribution is 6.00. The molecule has 156 valence electrons. The van der Waals surface area contributed by atoms with Gasteiger partial charge in [0.1, 0.15) is 17.1 Å². The van der Waals surface area contributed by atoms with Crippen molar-refractivity contribution in [3.8, 4) is 28.5 Å². The van der Waals surface area contributed by atoms with Gasteiger partial charge >= 0.3 is 0 Å². The second-order valence-electron chi connectivity index (χ2n) is 6.93. The molecule has 1 aliphatic rings. The van der Waals surface area contributed by atoms with Gasteiger partial charge < -0.3 is 24.6 Å². The van der Waals surface area contributed by atoms with Crippen LogP contribution in [0.25, 0.3) is 11.3 Å². The number of rotatable bonds is 7. The molecule has 0 bridgehead atoms. The van der Waals surface area contributed by atoms with Gasteiger partial charge in [-0.05, 0) is 36.8 Å². The molecule has 1 aromatic heterocycles. The van der Waals surface area contributed by atoms with E-state index in [1.165, 1.54) is 0 Å². The number of amides is 1. The normalized spacial score (nSPS) is 15.5. The molecule has 8 nitrogen and oxygen atoms in total. The monoisotopic (exact) mass is 409 g/mol. The molecule has 1 amide bonds. The van der Waals surface area contributed by atoms with E-state index in [4.69, 9.17) is 9.47 Å². The van der Waals surface area contributed by atoms with Gasteiger partial charge in [0.15, 0.2) is 11.5 Å². The number of hydrogen-bond acceptors (Lipinski definition) is 6. The minimum absolute atomic E-state index is 0.0294. The number of nitrogens with one attached hydrogen (secondary N) is 1. The average molecular weight is 409 g/mol. The van der Waals surface area contributed by atoms with Gasteiger partial charge in [-0.2, -0.15) is 5.10 Å². The van der Waals surface area contributed by atoms with Gasteiger partial charge in [-0.3, -0.25) is 9.89 Å². The van der Waals surface area contributed by atoms with Crippen LogP contribution in [0, 0.1) is 0 Å². The van der Waals surface area contributed by atoms with Gasteiger partial charge in [0, 0.05) is 24.8 Å². The smallest absolute Gasteiger partial charge is 0.273 e. The summed E-state index contributed by atoms with van der Waals surface area (Å²) in [5.74, 6) is 0.248. The van der Waals surface area contributed by atoms with E-state index in [-0.39, 0.29) is 17.4 Å². The zero-order valence-corrected chi connectivity index (χ0v) is 16.8. The molecule has 1 aliphatic heterocycles. The van der Waals surface area contributed by atoms with Crippen molar-refractivity contribution in [3.05, 3.63) is 59.3 Å². The molecule has 0 fully saturated rings. The number of phenolic OH excluding ortho intramolecular Hbond substituents is 2. The van der Waals surface area contributed by atoms with Crippen LogP contribution >= 0.6 is 0 Å². The quantitative estimate of drug-likeness (QED) is 0.554. The lowest BCUT2D eigenvalue weighted by Crippen LogP contribution is -2.32. The molecule has 1 atom stereocenters. The van der Waals surface area contributed by atoms with E-state index in [2.05, 4.69) is 10.2 Å². The Labute approximate surface area is 173 Å². The number of para-hydroxylation sites is 1. The largest absolute Gasteiger partial charge is 0.507 e. The lowest BCUT2D eigenvalue weighted by atomic mass is 9.95. The number of carbonyl (C=O) groups is 1. The van der Waals surface area contributed by atoms with Crippen molar-refractivity contribution in [1.82, 2.24) is 15.1 Å². The molecule has 4 rings (SSSR count). The summed E-state index contributed by atoms with van der Waals surface area (Å²) in [4.78, 5) is 14.8. The van der Waals surface area contributed by atoms with Crippen LogP contribution in [0.3, 0.4) is 0 Å². The molecular formula is C22H23N3O5. The number of ether oxygens (including phenoxy) is 2. The SMILES string of the molecule is CCOc1cc(C2c3c(-c4ccccc4O)n[nH]c3C(=O)N2CCOC)ccc1O. The summed E-state index contributed by atoms with van der Waals surface area (Å²) in [5.41, 5.74) is 2.85. The van der Waals surface area contributed by atoms with Gasteiger partial charge in [0.25, 0.3) is 5.91 Å². The topological polar surface area (TPSA) is 108 Å². The Hall–Kier alpha value is -3.52. The molecule has 0 spiro atoms. The summed E-state index contributed by atoms with van der Waals surface area (Å²) in [6.45, 7) is 2.96. The highest BCUT2D eigenvalue weighted by Gasteiger charge is 2.42. The van der Waals surface area contributed by atoms with Crippen molar-refractivity contribution in [2.45, 2.75) is 13.0 Å². The van der Waals surface area contributed by atoms with Crippen molar-refractivity contribution in [3.63, 3.8) is 0 Å². The third-order valence-corrected chi connectivity index (χ3v) is 5.16. The number of phenols is 2. The predicted octanol–water partition coefficient (Wildman–Crippen LogP) is 3.08. The first-order chi connectivity index (χ1) is 14.6. The molecule has 8 heteroatoms. The zero-order valence-electron chi connectivity index (χ0n) is 16.8. The van der Waals surface area contributed by atoms with Gasteiger partial charge in [0.05, 0.1) is 19.3 Å². The van der Waals surface area contributed by atoms with Gasteiger partial charge in [0.2, 0.25) is 0 Å². The zero-order chi connectivity index (χ0) is 21.3. The first-order valence-electron chi connectivity index (χ1n) is 9.69. The van der Waals surface area contributed by atoms with Gasteiger partial charge in [-0.25, -0.2) is 0 Å². The van der Waals surface area contributed by atoms with E-state index in [0.717, 1.165) is 5.56 Å². The standard InChI is InChI=1S/C22H23N3O5/c1-3-30-17-12-13(8-9-16(17)27)21-18-19(14-6-4-5-7-15(14)26)23-24-20(18)22(28)25(21)10-11-29-2/h4-9,12,21,26-27H,3,10-11H2,1-2H3,(H,23,24). The molecule has 0 saturated heterocycles. The van der Waals surface area contributed by atoms with Gasteiger partial charge in [-0.1, -0.05) is 18.2 Å². The number of aromatic hydroxyl groups is 2. The van der Waals surface area contributed by atoms with Crippen LogP contribution in [0.5, 0.6) is 17.2 Å². The van der Waals surface area contributed by atoms with Crippen molar-refractivity contribution >= 4 is 5.91 Å². The van der Waals surface area contributed by atoms with E-state index in [0.29, 0.717) is 48.0 Å². The van der Waals surface area contributed by atoms with Crippen LogP contribution in [0.2, 0.25) is 0 Å². The van der Waals surface area contributed by atoms with Crippen molar-refractivity contribution in [2.24, 2.45) is 0 Å². The minimum atomic E-state index is -0.476. The third kappa shape index (κ3) is 3.25. The number of hydrogen-bond donors (Lipinski definition) is 3. The maximum absolute atomic E-state index is 13.1. The highest BCUT2D eigenvalue weighted by Crippen LogP contribution is 2.45. The van der Waals surface area contributed by atoms with E-state index in [1.54, 1.807) is 54.5 Å². The summed E-state index contributed by atoms with van der Waals surface area (Å²) in [7, 11) is 1.58. The summed E-state index contributed by atoms with van der Waals surface area (Å²) in [6, 6.07) is 11.4. The molecule has 0 saturated carbocycles. The summed E-state index contributed by atoms with van der Waals surface area (Å²) in [5, 5.41) is 27.7. The fraction of sp³-hybridized carbons (Fsp3) is 0.273. The Bertz CT molecular complexity index is 1080. The summed E-state index contributed by atoms with van der Waals surface area (Å²) < 4.78 is 10.7. The van der Waals surface area contributed by atoms with E-state index in [1.807, 2.05) is 6.92 Å². The maximum atomic E-state index is 13.1. The number of aromatic amines is 1. The molecule has 3 N–H and O–H groups in total. The maximum Gasteiger partial charge on any atom is 0.273 e. The number of aromatic nitrogens is 2. The van der Waals surface area contributed by atoms with Crippen LogP contribution in [-0.2, 0) is 4.74 Å². The van der Waals surface area contributed by atoms with E-state index >= 15 is 0 Å². The van der Waals surface area contributed by atoms with Crippen LogP contribution in [-0.4, -0.2) is 58.1 Å². The highest BCUT2D eigenvalue weighted by atomic mass is 16.5. The molecule has 2 heterocycles. The lowest BCUT2D eigenvalue weighted by Gasteiger charge is -2.26. The van der Waals surface area contributed by atoms with Crippen molar-refractivity contribution < 1.29 is 24.5 Å². The van der Waals surface area contributed by atoms with Crippen LogP contribution in [0.4, 0.5) is 0 Å². The van der Waals surface area contributed by atoms with Crippen LogP contribution < -0.4 is 4.74 Å². The Morgan fingerprint density at radius 2 is 1.97 bits per heavy atom. The first kappa shape index (κ1) is 19.8. The fourth-order valence-corrected chi connectivity index (χ4v) is 3.81. The van der Waals surface area contributed by atoms with Gasteiger partial charge in [-0.15, -0.1) is 0 Å². The lowest BCUT2D eigenvalue weighted by molar-refractivity contribution is 0.0677. The molecule has 30 heavy (non-hydrogen) atoms. The second kappa shape index (κ2) is 8.08. The summed E-state index contributed by atoms with van der Waals surface area (Å²) >= 11 is 0. The molecule has 0 radical (unpaired) electrons. The number of carbonyl (C=O) groups excluding carboxylic acids is 1. The molecule has 2 aromatic carbocycles. The molecule has 0 aliphatic carbocycles. The van der Waals surface area contributed by atoms with Crippen molar-refractivity contribution in [2.75, 3.05) is 26.9 Å². The minimum Gasteiger partial charge on any atom is -0.507 e. The van der Waals surface area contributed by atoms with Crippen LogP contribution in [0.15, 0.2) is 42.5 Å². The van der Waals surface area contributed by atoms with Crippen LogP contribution in [0.1, 0.15) is 34.6 Å². The predicted molar refractivity (Wildman–Crippen MR) is 110 cm³/mol. The van der Waals surface area contributed by atoms with E-state index in [9.17, 15) is 15.0 Å². The number of fused-ring (bicyclic) bond motifs is 1. The molecule has 3 aromatic rings. The van der Waals surface area contributed by atoms with E-state index < -0.39 is 6.04 Å². The number of H-pyrrole nitrogens is 1. The average Bonchev–Trinajstić information content (AvgIpc) is 3.28. The third-order valence-electron chi connectivity index (χ3n) is 5.16. The molecular weight excluding hydrogens is 386 g/mol. The number of methoxy groups -OCH3 is 1. The fourth-order valence-electron chi connectivity index (χ4n) is 3.81. The Balaban J connectivity index is 1.88. The van der Waals surface area contributed by atoms with Crippen molar-refractivity contribution in [1.29, 1.82) is 0 Å². The Morgan fingerprint density at radius 1 is 1.17 bits per heavy atom. The summed E-state index contributed by atoms with van der Waals surface area (Å²) in [6.07, 6.45) is 0. The molecule has 1 unspecified atom stereocenters. The first-order valence-corrected chi connectivity index (χ1v) is 9.69. The Kier molecular flexibility index (Phi) is 5.33. The number of benzene rings is 2. The number of nitrogens with zero attached hydrogens (tertiary/aromatic N) is 2.